The fraction of sp³-hybridized carbons (Fsp3) is 0.500. The predicted molar refractivity (Wildman–Crippen MR) is 136 cm³/mol. The number of phenols is 1. The number of aromatic hydroxyl groups is 1. The molecule has 0 aromatic heterocycles. The van der Waals surface area contributed by atoms with E-state index in [0.717, 1.165) is 12.0 Å². The van der Waals surface area contributed by atoms with Crippen molar-refractivity contribution in [2.24, 2.45) is 0 Å². The Bertz CT molecular complexity index is 1000. The van der Waals surface area contributed by atoms with E-state index < -0.39 is 6.10 Å². The van der Waals surface area contributed by atoms with E-state index >= 15 is 0 Å². The summed E-state index contributed by atoms with van der Waals surface area (Å²) in [6.45, 7) is 8.46. The molecule has 0 heterocycles. The highest BCUT2D eigenvalue weighted by Crippen LogP contribution is 2.33. The Morgan fingerprint density at radius 1 is 0.944 bits per heavy atom. The number of methoxy groups -OCH3 is 1. The summed E-state index contributed by atoms with van der Waals surface area (Å²) in [5.74, 6) is 1.13. The highest BCUT2D eigenvalue weighted by atomic mass is 16.6. The van der Waals surface area contributed by atoms with Crippen LogP contribution in [-0.4, -0.2) is 56.5 Å². The molecule has 0 saturated heterocycles. The molecule has 2 aromatic rings. The first-order valence-electron chi connectivity index (χ1n) is 12.4. The first kappa shape index (κ1) is 29.0. The number of hydrogen-bond acceptors (Lipinski definition) is 8. The molecule has 8 nitrogen and oxygen atoms in total. The maximum absolute atomic E-state index is 12.2. The number of carbonyl (C=O) groups excluding carboxylic acids is 2. The number of hydrogen-bond donors (Lipinski definition) is 1. The van der Waals surface area contributed by atoms with Gasteiger partial charge in [0.1, 0.15) is 11.5 Å². The molecule has 0 aliphatic rings. The minimum Gasteiger partial charge on any atom is -0.507 e. The number of esters is 1. The van der Waals surface area contributed by atoms with Gasteiger partial charge < -0.3 is 28.8 Å². The Balaban J connectivity index is 2.00. The van der Waals surface area contributed by atoms with Gasteiger partial charge >= 0.3 is 5.97 Å². The number of ether oxygens (including phenoxy) is 5. The van der Waals surface area contributed by atoms with E-state index in [0.29, 0.717) is 74.1 Å². The van der Waals surface area contributed by atoms with Gasteiger partial charge in [-0.05, 0) is 57.0 Å². The molecule has 0 amide bonds. The summed E-state index contributed by atoms with van der Waals surface area (Å²) in [6.07, 6.45) is 1.67. The first-order valence-corrected chi connectivity index (χ1v) is 12.4. The third-order valence-corrected chi connectivity index (χ3v) is 5.49. The molecule has 1 atom stereocenters. The van der Waals surface area contributed by atoms with Gasteiger partial charge in [-0.15, -0.1) is 0 Å². The highest BCUT2D eigenvalue weighted by Gasteiger charge is 2.21. The van der Waals surface area contributed by atoms with E-state index in [2.05, 4.69) is 0 Å². The Labute approximate surface area is 213 Å². The smallest absolute Gasteiger partial charge is 0.335 e. The van der Waals surface area contributed by atoms with Crippen molar-refractivity contribution < 1.29 is 38.4 Å². The summed E-state index contributed by atoms with van der Waals surface area (Å²) < 4.78 is 28.0. The van der Waals surface area contributed by atoms with Crippen LogP contribution in [0.25, 0.3) is 0 Å². The quantitative estimate of drug-likeness (QED) is 0.196. The van der Waals surface area contributed by atoms with Crippen LogP contribution in [-0.2, 0) is 27.1 Å². The molecule has 0 bridgehead atoms. The molecule has 0 spiro atoms. The predicted octanol–water partition coefficient (Wildman–Crippen LogP) is 4.91. The van der Waals surface area contributed by atoms with Crippen LogP contribution in [0.1, 0.15) is 62.0 Å². The monoisotopic (exact) mass is 502 g/mol. The summed E-state index contributed by atoms with van der Waals surface area (Å²) in [7, 11) is 1.57. The second-order valence-electron chi connectivity index (χ2n) is 8.18. The lowest BCUT2D eigenvalue weighted by Gasteiger charge is -2.17. The van der Waals surface area contributed by atoms with Gasteiger partial charge in [0.05, 0.1) is 32.5 Å². The fourth-order valence-electron chi connectivity index (χ4n) is 3.77. The topological polar surface area (TPSA) is 101 Å². The molecule has 36 heavy (non-hydrogen) atoms. The van der Waals surface area contributed by atoms with Gasteiger partial charge in [0.2, 0.25) is 0 Å². The van der Waals surface area contributed by atoms with Gasteiger partial charge in [0.25, 0.3) is 0 Å². The Morgan fingerprint density at radius 2 is 1.64 bits per heavy atom. The van der Waals surface area contributed by atoms with Gasteiger partial charge in [0, 0.05) is 25.0 Å². The van der Waals surface area contributed by atoms with Crippen molar-refractivity contribution in [2.75, 3.05) is 33.5 Å². The maximum Gasteiger partial charge on any atom is 0.335 e. The van der Waals surface area contributed by atoms with Crippen LogP contribution in [0.4, 0.5) is 0 Å². The molecule has 8 heteroatoms. The third-order valence-electron chi connectivity index (χ3n) is 5.49. The summed E-state index contributed by atoms with van der Waals surface area (Å²) in [5.41, 5.74) is 1.81. The molecule has 0 aliphatic heterocycles. The summed E-state index contributed by atoms with van der Waals surface area (Å²) in [6, 6.07) is 8.82. The lowest BCUT2D eigenvalue weighted by molar-refractivity contribution is -0.156. The zero-order chi connectivity index (χ0) is 26.5. The standard InChI is InChI=1S/C28H38O8/c1-6-10-22-23(14-12-21(19(4)29)27(22)30)35-15-9-16-36-25-17-20(11-13-24(25)32-5)18-26(33-7-2)28(31)34-8-3/h11-14,17,26,30H,6-10,15-16,18H2,1-5H3. The SMILES string of the molecule is CCCc1c(OCCCOc2cc(CC(OCC)C(=O)OCC)ccc2OC)ccc(C(C)=O)c1O. The van der Waals surface area contributed by atoms with Crippen molar-refractivity contribution in [3.63, 3.8) is 0 Å². The van der Waals surface area contributed by atoms with Crippen LogP contribution in [0.2, 0.25) is 0 Å². The lowest BCUT2D eigenvalue weighted by Crippen LogP contribution is -2.29. The molecule has 1 N–H and O–H groups in total. The van der Waals surface area contributed by atoms with E-state index in [4.69, 9.17) is 23.7 Å². The largest absolute Gasteiger partial charge is 0.507 e. The van der Waals surface area contributed by atoms with Crippen molar-refractivity contribution in [3.8, 4) is 23.0 Å². The van der Waals surface area contributed by atoms with Gasteiger partial charge in [-0.1, -0.05) is 19.4 Å². The molecule has 1 unspecified atom stereocenters. The van der Waals surface area contributed by atoms with Crippen molar-refractivity contribution in [1.29, 1.82) is 0 Å². The van der Waals surface area contributed by atoms with Crippen molar-refractivity contribution in [2.45, 2.75) is 59.5 Å². The van der Waals surface area contributed by atoms with Crippen molar-refractivity contribution in [3.05, 3.63) is 47.0 Å². The highest BCUT2D eigenvalue weighted by molar-refractivity contribution is 5.97. The number of phenolic OH excluding ortho intramolecular Hbond substituents is 1. The second kappa shape index (κ2) is 15.0. The molecule has 0 aliphatic carbocycles. The fourth-order valence-corrected chi connectivity index (χ4v) is 3.77. The second-order valence-corrected chi connectivity index (χ2v) is 8.18. The van der Waals surface area contributed by atoms with Crippen molar-refractivity contribution >= 4 is 11.8 Å². The van der Waals surface area contributed by atoms with E-state index in [1.165, 1.54) is 6.92 Å². The zero-order valence-electron chi connectivity index (χ0n) is 21.9. The lowest BCUT2D eigenvalue weighted by atomic mass is 10.0. The number of carbonyl (C=O) groups is 2. The van der Waals surface area contributed by atoms with E-state index in [-0.39, 0.29) is 17.5 Å². The third kappa shape index (κ3) is 8.16. The zero-order valence-corrected chi connectivity index (χ0v) is 21.9. The first-order chi connectivity index (χ1) is 17.4. The van der Waals surface area contributed by atoms with Crippen LogP contribution < -0.4 is 14.2 Å². The average Bonchev–Trinajstić information content (AvgIpc) is 2.85. The van der Waals surface area contributed by atoms with Gasteiger partial charge in [-0.25, -0.2) is 4.79 Å². The van der Waals surface area contributed by atoms with Crippen LogP contribution in [0.15, 0.2) is 30.3 Å². The molecular formula is C28H38O8. The maximum atomic E-state index is 12.2. The number of ketones is 1. The van der Waals surface area contributed by atoms with Crippen LogP contribution in [0.3, 0.4) is 0 Å². The van der Waals surface area contributed by atoms with E-state index in [1.807, 2.05) is 26.0 Å². The molecule has 0 saturated carbocycles. The van der Waals surface area contributed by atoms with E-state index in [1.54, 1.807) is 32.2 Å². The van der Waals surface area contributed by atoms with Crippen molar-refractivity contribution in [1.82, 2.24) is 0 Å². The molecule has 2 aromatic carbocycles. The van der Waals surface area contributed by atoms with Gasteiger partial charge in [0.15, 0.2) is 23.4 Å². The Morgan fingerprint density at radius 3 is 2.25 bits per heavy atom. The van der Waals surface area contributed by atoms with Gasteiger partial charge in [-0.2, -0.15) is 0 Å². The minimum atomic E-state index is -0.687. The number of Topliss-reactive ketones (excluding diaryl/α,β-unsaturated/α-hetero) is 1. The summed E-state index contributed by atoms with van der Waals surface area (Å²) in [5, 5.41) is 10.5. The molecule has 0 fully saturated rings. The molecule has 0 radical (unpaired) electrons. The van der Waals surface area contributed by atoms with Crippen LogP contribution in [0, 0.1) is 0 Å². The van der Waals surface area contributed by atoms with Gasteiger partial charge in [-0.3, -0.25) is 4.79 Å². The Hall–Kier alpha value is -3.26. The molecule has 2 rings (SSSR count). The number of rotatable bonds is 16. The molecule has 198 valence electrons. The average molecular weight is 503 g/mol. The van der Waals surface area contributed by atoms with E-state index in [9.17, 15) is 14.7 Å². The normalized spacial score (nSPS) is 11.6. The van der Waals surface area contributed by atoms with Crippen LogP contribution >= 0.6 is 0 Å². The van der Waals surface area contributed by atoms with Crippen LogP contribution in [0.5, 0.6) is 23.0 Å². The molecular weight excluding hydrogens is 464 g/mol. The summed E-state index contributed by atoms with van der Waals surface area (Å²) in [4.78, 5) is 23.9. The number of benzene rings is 2. The Kier molecular flexibility index (Phi) is 12.1. The summed E-state index contributed by atoms with van der Waals surface area (Å²) >= 11 is 0. The minimum absolute atomic E-state index is 0.00664.